The highest BCUT2D eigenvalue weighted by Crippen LogP contribution is 2.20. The fourth-order valence-corrected chi connectivity index (χ4v) is 2.03. The highest BCUT2D eigenvalue weighted by molar-refractivity contribution is 7.98. The lowest BCUT2D eigenvalue weighted by Gasteiger charge is -2.27. The SMILES string of the molecule is CSc1nc(Cl)cc(N2CCOCC2)n1. The Kier molecular flexibility index (Phi) is 3.66. The summed E-state index contributed by atoms with van der Waals surface area (Å²) >= 11 is 7.42. The number of aromatic nitrogens is 2. The third-order valence-corrected chi connectivity index (χ3v) is 2.92. The Morgan fingerprint density at radius 3 is 2.80 bits per heavy atom. The Hall–Kier alpha value is -0.520. The summed E-state index contributed by atoms with van der Waals surface area (Å²) in [6, 6.07) is 1.80. The second kappa shape index (κ2) is 5.01. The number of hydrogen-bond donors (Lipinski definition) is 0. The zero-order valence-electron chi connectivity index (χ0n) is 8.44. The molecule has 82 valence electrons. The van der Waals surface area contributed by atoms with E-state index in [-0.39, 0.29) is 0 Å². The van der Waals surface area contributed by atoms with Gasteiger partial charge in [-0.1, -0.05) is 23.4 Å². The second-order valence-corrected chi connectivity index (χ2v) is 4.30. The standard InChI is InChI=1S/C9H12ClN3OS/c1-15-9-11-7(10)6-8(12-9)13-2-4-14-5-3-13/h6H,2-5H2,1H3. The Morgan fingerprint density at radius 2 is 2.13 bits per heavy atom. The molecule has 0 atom stereocenters. The van der Waals surface area contributed by atoms with Crippen molar-refractivity contribution in [3.05, 3.63) is 11.2 Å². The smallest absolute Gasteiger partial charge is 0.190 e. The van der Waals surface area contributed by atoms with Gasteiger partial charge in [-0.15, -0.1) is 0 Å². The summed E-state index contributed by atoms with van der Waals surface area (Å²) in [5, 5.41) is 1.21. The fraction of sp³-hybridized carbons (Fsp3) is 0.556. The molecule has 2 rings (SSSR count). The van der Waals surface area contributed by atoms with Gasteiger partial charge in [0.15, 0.2) is 5.16 Å². The number of anilines is 1. The van der Waals surface area contributed by atoms with Crippen LogP contribution in [0, 0.1) is 0 Å². The Morgan fingerprint density at radius 1 is 1.40 bits per heavy atom. The molecule has 1 aliphatic heterocycles. The first-order valence-electron chi connectivity index (χ1n) is 4.71. The lowest BCUT2D eigenvalue weighted by Crippen LogP contribution is -2.36. The second-order valence-electron chi connectivity index (χ2n) is 3.13. The third-order valence-electron chi connectivity index (χ3n) is 2.18. The van der Waals surface area contributed by atoms with Crippen LogP contribution < -0.4 is 4.90 Å². The van der Waals surface area contributed by atoms with E-state index >= 15 is 0 Å². The van der Waals surface area contributed by atoms with Gasteiger partial charge in [0.25, 0.3) is 0 Å². The molecule has 0 aliphatic carbocycles. The van der Waals surface area contributed by atoms with E-state index in [4.69, 9.17) is 16.3 Å². The van der Waals surface area contributed by atoms with Crippen LogP contribution in [0.5, 0.6) is 0 Å². The molecule has 0 saturated carbocycles. The molecule has 0 radical (unpaired) electrons. The van der Waals surface area contributed by atoms with Crippen molar-refractivity contribution in [2.45, 2.75) is 5.16 Å². The van der Waals surface area contributed by atoms with Gasteiger partial charge < -0.3 is 9.64 Å². The summed E-state index contributed by atoms with van der Waals surface area (Å²) in [4.78, 5) is 10.7. The highest BCUT2D eigenvalue weighted by Gasteiger charge is 2.14. The first-order chi connectivity index (χ1) is 7.29. The maximum absolute atomic E-state index is 5.93. The Labute approximate surface area is 98.0 Å². The number of morpholine rings is 1. The van der Waals surface area contributed by atoms with Gasteiger partial charge in [-0.25, -0.2) is 9.97 Å². The quantitative estimate of drug-likeness (QED) is 0.450. The largest absolute Gasteiger partial charge is 0.378 e. The fourth-order valence-electron chi connectivity index (χ4n) is 1.43. The van der Waals surface area contributed by atoms with Crippen LogP contribution >= 0.6 is 23.4 Å². The molecule has 2 heterocycles. The van der Waals surface area contributed by atoms with Gasteiger partial charge in [0.1, 0.15) is 11.0 Å². The summed E-state index contributed by atoms with van der Waals surface area (Å²) in [6.07, 6.45) is 1.94. The number of thioether (sulfide) groups is 1. The number of hydrogen-bond acceptors (Lipinski definition) is 5. The molecule has 0 aromatic carbocycles. The molecule has 1 saturated heterocycles. The van der Waals surface area contributed by atoms with Crippen molar-refractivity contribution in [1.82, 2.24) is 9.97 Å². The summed E-state index contributed by atoms with van der Waals surface area (Å²) in [6.45, 7) is 3.22. The van der Waals surface area contributed by atoms with Crippen molar-refractivity contribution in [2.75, 3.05) is 37.5 Å². The molecule has 1 aliphatic rings. The van der Waals surface area contributed by atoms with Gasteiger partial charge in [-0.3, -0.25) is 0 Å². The Bertz CT molecular complexity index is 344. The van der Waals surface area contributed by atoms with E-state index in [0.29, 0.717) is 10.3 Å². The number of ether oxygens (including phenoxy) is 1. The van der Waals surface area contributed by atoms with Crippen LogP contribution in [0.25, 0.3) is 0 Å². The maximum Gasteiger partial charge on any atom is 0.190 e. The average molecular weight is 246 g/mol. The average Bonchev–Trinajstić information content (AvgIpc) is 2.29. The first kappa shape index (κ1) is 11.0. The summed E-state index contributed by atoms with van der Waals surface area (Å²) in [7, 11) is 0. The molecule has 0 unspecified atom stereocenters. The molecule has 1 aromatic rings. The van der Waals surface area contributed by atoms with Crippen LogP contribution in [0.2, 0.25) is 5.15 Å². The van der Waals surface area contributed by atoms with Gasteiger partial charge in [0.05, 0.1) is 13.2 Å². The summed E-state index contributed by atoms with van der Waals surface area (Å²) in [5.41, 5.74) is 0. The van der Waals surface area contributed by atoms with E-state index in [2.05, 4.69) is 14.9 Å². The van der Waals surface area contributed by atoms with E-state index in [1.807, 2.05) is 6.26 Å². The number of halogens is 1. The molecule has 0 amide bonds. The van der Waals surface area contributed by atoms with Gasteiger partial charge in [0, 0.05) is 19.2 Å². The van der Waals surface area contributed by atoms with E-state index in [0.717, 1.165) is 32.1 Å². The predicted molar refractivity (Wildman–Crippen MR) is 61.9 cm³/mol. The van der Waals surface area contributed by atoms with Crippen molar-refractivity contribution in [3.8, 4) is 0 Å². The molecule has 1 fully saturated rings. The van der Waals surface area contributed by atoms with Gasteiger partial charge in [-0.05, 0) is 6.26 Å². The van der Waals surface area contributed by atoms with E-state index < -0.39 is 0 Å². The van der Waals surface area contributed by atoms with Crippen LogP contribution in [0.1, 0.15) is 0 Å². The number of nitrogens with zero attached hydrogens (tertiary/aromatic N) is 3. The zero-order valence-corrected chi connectivity index (χ0v) is 10.0. The minimum absolute atomic E-state index is 0.496. The van der Waals surface area contributed by atoms with E-state index in [9.17, 15) is 0 Å². The van der Waals surface area contributed by atoms with Crippen molar-refractivity contribution >= 4 is 29.2 Å². The van der Waals surface area contributed by atoms with Crippen LogP contribution in [0.3, 0.4) is 0 Å². The van der Waals surface area contributed by atoms with Crippen LogP contribution in [-0.4, -0.2) is 42.5 Å². The topological polar surface area (TPSA) is 38.2 Å². The highest BCUT2D eigenvalue weighted by atomic mass is 35.5. The molecular formula is C9H12ClN3OS. The van der Waals surface area contributed by atoms with Gasteiger partial charge >= 0.3 is 0 Å². The molecule has 0 bridgehead atoms. The monoisotopic (exact) mass is 245 g/mol. The number of rotatable bonds is 2. The molecule has 0 N–H and O–H groups in total. The third kappa shape index (κ3) is 2.74. The maximum atomic E-state index is 5.93. The molecular weight excluding hydrogens is 234 g/mol. The van der Waals surface area contributed by atoms with Crippen LogP contribution in [0.4, 0.5) is 5.82 Å². The van der Waals surface area contributed by atoms with Crippen molar-refractivity contribution in [2.24, 2.45) is 0 Å². The molecule has 1 aromatic heterocycles. The summed E-state index contributed by atoms with van der Waals surface area (Å²) < 4.78 is 5.28. The van der Waals surface area contributed by atoms with Gasteiger partial charge in [0.2, 0.25) is 0 Å². The van der Waals surface area contributed by atoms with Gasteiger partial charge in [-0.2, -0.15) is 0 Å². The minimum atomic E-state index is 0.496. The zero-order chi connectivity index (χ0) is 10.7. The molecule has 0 spiro atoms. The summed E-state index contributed by atoms with van der Waals surface area (Å²) in [5.74, 6) is 0.891. The van der Waals surface area contributed by atoms with Crippen LogP contribution in [0.15, 0.2) is 11.2 Å². The van der Waals surface area contributed by atoms with E-state index in [1.165, 1.54) is 11.8 Å². The van der Waals surface area contributed by atoms with E-state index in [1.54, 1.807) is 6.07 Å². The molecule has 6 heteroatoms. The lowest BCUT2D eigenvalue weighted by molar-refractivity contribution is 0.122. The predicted octanol–water partition coefficient (Wildman–Crippen LogP) is 1.69. The Balaban J connectivity index is 2.22. The van der Waals surface area contributed by atoms with Crippen molar-refractivity contribution < 1.29 is 4.74 Å². The normalized spacial score (nSPS) is 16.8. The molecule has 4 nitrogen and oxygen atoms in total. The first-order valence-corrected chi connectivity index (χ1v) is 6.31. The minimum Gasteiger partial charge on any atom is -0.378 e. The van der Waals surface area contributed by atoms with Crippen molar-refractivity contribution in [1.29, 1.82) is 0 Å². The lowest BCUT2D eigenvalue weighted by atomic mass is 10.4. The van der Waals surface area contributed by atoms with Crippen molar-refractivity contribution in [3.63, 3.8) is 0 Å². The van der Waals surface area contributed by atoms with Crippen LogP contribution in [-0.2, 0) is 4.74 Å². The molecule has 15 heavy (non-hydrogen) atoms.